The number of carbonyl (C=O) groups is 2. The lowest BCUT2D eigenvalue weighted by molar-refractivity contribution is -0.149. The largest absolute Gasteiger partial charge is 0.465 e. The zero-order chi connectivity index (χ0) is 13.5. The molecular formula is C14H16O4. The van der Waals surface area contributed by atoms with Crippen LogP contribution in [0.3, 0.4) is 0 Å². The summed E-state index contributed by atoms with van der Waals surface area (Å²) in [5.74, 6) is -1.53. The minimum absolute atomic E-state index is 0.299. The van der Waals surface area contributed by atoms with Gasteiger partial charge in [-0.05, 0) is 12.0 Å². The first kappa shape index (κ1) is 14.0. The van der Waals surface area contributed by atoms with Gasteiger partial charge in [0.25, 0.3) is 0 Å². The summed E-state index contributed by atoms with van der Waals surface area (Å²) in [6, 6.07) is 9.33. The van der Waals surface area contributed by atoms with Crippen molar-refractivity contribution in [1.82, 2.24) is 0 Å². The number of ether oxygens (including phenoxy) is 2. The summed E-state index contributed by atoms with van der Waals surface area (Å²) in [5.41, 5.74) is 0.581. The van der Waals surface area contributed by atoms with Crippen LogP contribution < -0.4 is 0 Å². The lowest BCUT2D eigenvalue weighted by Gasteiger charge is -2.16. The first-order valence-electron chi connectivity index (χ1n) is 5.63. The second-order valence-electron chi connectivity index (χ2n) is 3.68. The SMILES string of the molecule is C=C(C(=O)OC)C(=O)OC(CC)c1ccccc1. The number of carbonyl (C=O) groups excluding carboxylic acids is 2. The molecule has 0 saturated carbocycles. The Balaban J connectivity index is 2.73. The number of methoxy groups -OCH3 is 1. The highest BCUT2D eigenvalue weighted by Gasteiger charge is 2.21. The van der Waals surface area contributed by atoms with Crippen LogP contribution in [0.2, 0.25) is 0 Å². The molecule has 0 aromatic heterocycles. The van der Waals surface area contributed by atoms with Crippen LogP contribution in [-0.4, -0.2) is 19.0 Å². The fourth-order valence-electron chi connectivity index (χ4n) is 1.46. The molecule has 0 spiro atoms. The van der Waals surface area contributed by atoms with Crippen LogP contribution in [0.1, 0.15) is 25.0 Å². The molecule has 4 nitrogen and oxygen atoms in total. The first-order valence-corrected chi connectivity index (χ1v) is 5.63. The lowest BCUT2D eigenvalue weighted by atomic mass is 10.1. The molecule has 0 radical (unpaired) electrons. The highest BCUT2D eigenvalue weighted by molar-refractivity contribution is 6.13. The number of hydrogen-bond acceptors (Lipinski definition) is 4. The van der Waals surface area contributed by atoms with Gasteiger partial charge in [0.1, 0.15) is 11.7 Å². The monoisotopic (exact) mass is 248 g/mol. The minimum Gasteiger partial charge on any atom is -0.465 e. The molecule has 1 rings (SSSR count). The number of hydrogen-bond donors (Lipinski definition) is 0. The van der Waals surface area contributed by atoms with E-state index in [2.05, 4.69) is 11.3 Å². The van der Waals surface area contributed by atoms with Crippen molar-refractivity contribution >= 4 is 11.9 Å². The van der Waals surface area contributed by atoms with Crippen LogP contribution in [0.4, 0.5) is 0 Å². The van der Waals surface area contributed by atoms with Crippen molar-refractivity contribution in [1.29, 1.82) is 0 Å². The van der Waals surface area contributed by atoms with Crippen molar-refractivity contribution in [2.24, 2.45) is 0 Å². The third-order valence-electron chi connectivity index (χ3n) is 2.47. The maximum Gasteiger partial charge on any atom is 0.345 e. The smallest absolute Gasteiger partial charge is 0.345 e. The summed E-state index contributed by atoms with van der Waals surface area (Å²) in [6.07, 6.45) is 0.226. The maximum absolute atomic E-state index is 11.7. The summed E-state index contributed by atoms with van der Waals surface area (Å²) >= 11 is 0. The Morgan fingerprint density at radius 3 is 2.33 bits per heavy atom. The molecule has 0 heterocycles. The van der Waals surface area contributed by atoms with Crippen molar-refractivity contribution < 1.29 is 19.1 Å². The van der Waals surface area contributed by atoms with Gasteiger partial charge in [0.05, 0.1) is 7.11 Å². The average molecular weight is 248 g/mol. The molecule has 0 amide bonds. The van der Waals surface area contributed by atoms with Gasteiger partial charge in [0, 0.05) is 0 Å². The summed E-state index contributed by atoms with van der Waals surface area (Å²) < 4.78 is 9.65. The van der Waals surface area contributed by atoms with E-state index in [1.165, 1.54) is 7.11 Å². The molecule has 18 heavy (non-hydrogen) atoms. The third-order valence-corrected chi connectivity index (χ3v) is 2.47. The van der Waals surface area contributed by atoms with E-state index >= 15 is 0 Å². The average Bonchev–Trinajstić information content (AvgIpc) is 2.43. The van der Waals surface area contributed by atoms with Crippen molar-refractivity contribution in [2.75, 3.05) is 7.11 Å². The Hall–Kier alpha value is -2.10. The number of benzene rings is 1. The van der Waals surface area contributed by atoms with Crippen LogP contribution in [0.15, 0.2) is 42.5 Å². The van der Waals surface area contributed by atoms with Gasteiger partial charge in [-0.3, -0.25) is 0 Å². The predicted octanol–water partition coefficient (Wildman–Crippen LogP) is 2.41. The van der Waals surface area contributed by atoms with E-state index < -0.39 is 11.9 Å². The molecule has 0 aliphatic rings. The molecule has 0 N–H and O–H groups in total. The fraction of sp³-hybridized carbons (Fsp3) is 0.286. The van der Waals surface area contributed by atoms with Crippen molar-refractivity contribution in [3.05, 3.63) is 48.0 Å². The molecule has 1 aromatic carbocycles. The zero-order valence-electron chi connectivity index (χ0n) is 10.5. The Kier molecular flexibility index (Phi) is 5.11. The van der Waals surface area contributed by atoms with Crippen LogP contribution >= 0.6 is 0 Å². The highest BCUT2D eigenvalue weighted by atomic mass is 16.6. The van der Waals surface area contributed by atoms with E-state index in [4.69, 9.17) is 4.74 Å². The van der Waals surface area contributed by atoms with Gasteiger partial charge in [-0.1, -0.05) is 43.8 Å². The second kappa shape index (κ2) is 6.59. The van der Waals surface area contributed by atoms with E-state index in [1.54, 1.807) is 0 Å². The van der Waals surface area contributed by atoms with E-state index in [0.29, 0.717) is 6.42 Å². The first-order chi connectivity index (χ1) is 8.60. The Morgan fingerprint density at radius 1 is 1.22 bits per heavy atom. The molecule has 1 atom stereocenters. The predicted molar refractivity (Wildman–Crippen MR) is 66.7 cm³/mol. The number of esters is 2. The third kappa shape index (κ3) is 3.45. The van der Waals surface area contributed by atoms with Crippen LogP contribution in [0, 0.1) is 0 Å². The van der Waals surface area contributed by atoms with Crippen molar-refractivity contribution in [3.8, 4) is 0 Å². The molecule has 1 unspecified atom stereocenters. The van der Waals surface area contributed by atoms with Gasteiger partial charge in [-0.2, -0.15) is 0 Å². The van der Waals surface area contributed by atoms with Crippen LogP contribution in [0.25, 0.3) is 0 Å². The summed E-state index contributed by atoms with van der Waals surface area (Å²) in [7, 11) is 1.19. The van der Waals surface area contributed by atoms with Gasteiger partial charge in [0.2, 0.25) is 0 Å². The Labute approximate surface area is 106 Å². The topological polar surface area (TPSA) is 52.6 Å². The standard InChI is InChI=1S/C14H16O4/c1-4-12(11-8-6-5-7-9-11)18-14(16)10(2)13(15)17-3/h5-9,12H,2,4H2,1,3H3. The molecule has 0 bridgehead atoms. The van der Waals surface area contributed by atoms with Crippen LogP contribution in [0.5, 0.6) is 0 Å². The van der Waals surface area contributed by atoms with Gasteiger partial charge in [-0.15, -0.1) is 0 Å². The Morgan fingerprint density at radius 2 is 1.83 bits per heavy atom. The quantitative estimate of drug-likeness (QED) is 0.347. The maximum atomic E-state index is 11.7. The molecule has 1 aromatic rings. The fourth-order valence-corrected chi connectivity index (χ4v) is 1.46. The van der Waals surface area contributed by atoms with E-state index in [9.17, 15) is 9.59 Å². The Bertz CT molecular complexity index is 436. The van der Waals surface area contributed by atoms with Gasteiger partial charge in [0.15, 0.2) is 0 Å². The summed E-state index contributed by atoms with van der Waals surface area (Å²) in [5, 5.41) is 0. The van der Waals surface area contributed by atoms with E-state index in [0.717, 1.165) is 5.56 Å². The molecule has 0 fully saturated rings. The lowest BCUT2D eigenvalue weighted by Crippen LogP contribution is -2.18. The molecule has 0 saturated heterocycles. The van der Waals surface area contributed by atoms with E-state index in [-0.39, 0.29) is 11.7 Å². The van der Waals surface area contributed by atoms with Gasteiger partial charge >= 0.3 is 11.9 Å². The minimum atomic E-state index is -0.775. The highest BCUT2D eigenvalue weighted by Crippen LogP contribution is 2.21. The molecular weight excluding hydrogens is 232 g/mol. The second-order valence-corrected chi connectivity index (χ2v) is 3.68. The van der Waals surface area contributed by atoms with Gasteiger partial charge in [-0.25, -0.2) is 9.59 Å². The van der Waals surface area contributed by atoms with Crippen molar-refractivity contribution in [2.45, 2.75) is 19.4 Å². The number of rotatable bonds is 5. The van der Waals surface area contributed by atoms with Gasteiger partial charge < -0.3 is 9.47 Å². The normalized spacial score (nSPS) is 11.4. The summed E-state index contributed by atoms with van der Waals surface area (Å²) in [4.78, 5) is 22.8. The molecule has 96 valence electrons. The molecule has 0 aliphatic heterocycles. The van der Waals surface area contributed by atoms with E-state index in [1.807, 2.05) is 37.3 Å². The van der Waals surface area contributed by atoms with Crippen molar-refractivity contribution in [3.63, 3.8) is 0 Å². The van der Waals surface area contributed by atoms with Crippen LogP contribution in [-0.2, 0) is 19.1 Å². The zero-order valence-corrected chi connectivity index (χ0v) is 10.5. The molecule has 0 aliphatic carbocycles. The molecule has 4 heteroatoms. The summed E-state index contributed by atoms with van der Waals surface area (Å²) in [6.45, 7) is 5.25.